The number of thiazole rings is 1. The zero-order chi connectivity index (χ0) is 16.3. The maximum atomic E-state index is 12.8. The van der Waals surface area contributed by atoms with E-state index in [1.54, 1.807) is 25.1 Å². The Morgan fingerprint density at radius 3 is 2.57 bits per heavy atom. The molecule has 0 N–H and O–H groups in total. The van der Waals surface area contributed by atoms with Crippen molar-refractivity contribution < 1.29 is 9.59 Å². The first-order valence-corrected chi connectivity index (χ1v) is 7.65. The third-order valence-corrected chi connectivity index (χ3v) is 4.93. The Morgan fingerprint density at radius 1 is 1.04 bits per heavy atom. The van der Waals surface area contributed by atoms with E-state index in [1.165, 1.54) is 4.40 Å². The highest BCUT2D eigenvalue weighted by Gasteiger charge is 2.41. The van der Waals surface area contributed by atoms with Gasteiger partial charge in [-0.15, -0.1) is 16.4 Å². The smallest absolute Gasteiger partial charge is 0.267 e. The molecule has 0 bridgehead atoms. The van der Waals surface area contributed by atoms with Gasteiger partial charge in [0.25, 0.3) is 11.8 Å². The summed E-state index contributed by atoms with van der Waals surface area (Å²) in [5.41, 5.74) is 1.34. The third kappa shape index (κ3) is 1.78. The minimum Gasteiger partial charge on any atom is -0.267 e. The lowest BCUT2D eigenvalue weighted by Gasteiger charge is -2.14. The van der Waals surface area contributed by atoms with Crippen molar-refractivity contribution >= 4 is 33.7 Å². The average Bonchev–Trinajstić information content (AvgIpc) is 3.02. The first kappa shape index (κ1) is 13.8. The third-order valence-electron chi connectivity index (χ3n) is 3.69. The standard InChI is InChI=1S/C15H10N4O3S/c1-7-4-3-5-9(6-7)18-12(20)10-11(13(18)21)23-14-8(2)16-17-15(22)19(10)14/h3-6H,1-2H3. The van der Waals surface area contributed by atoms with Crippen LogP contribution in [0.1, 0.15) is 31.4 Å². The number of aryl methyl sites for hydroxylation is 2. The highest BCUT2D eigenvalue weighted by molar-refractivity contribution is 7.20. The molecule has 0 saturated carbocycles. The van der Waals surface area contributed by atoms with E-state index < -0.39 is 17.5 Å². The zero-order valence-corrected chi connectivity index (χ0v) is 13.0. The van der Waals surface area contributed by atoms with E-state index in [-0.39, 0.29) is 10.6 Å². The molecule has 23 heavy (non-hydrogen) atoms. The van der Waals surface area contributed by atoms with Gasteiger partial charge in [0.05, 0.1) is 11.4 Å². The summed E-state index contributed by atoms with van der Waals surface area (Å²) in [7, 11) is 0. The number of amides is 2. The molecule has 7 nitrogen and oxygen atoms in total. The van der Waals surface area contributed by atoms with E-state index in [4.69, 9.17) is 0 Å². The molecule has 4 rings (SSSR count). The number of hydrogen-bond acceptors (Lipinski definition) is 6. The van der Waals surface area contributed by atoms with Crippen LogP contribution in [0.3, 0.4) is 0 Å². The van der Waals surface area contributed by atoms with Crippen LogP contribution < -0.4 is 10.6 Å². The van der Waals surface area contributed by atoms with Gasteiger partial charge >= 0.3 is 5.69 Å². The molecule has 0 radical (unpaired) electrons. The molecule has 0 saturated heterocycles. The molecule has 0 spiro atoms. The summed E-state index contributed by atoms with van der Waals surface area (Å²) in [5, 5.41) is 7.26. The van der Waals surface area contributed by atoms with Gasteiger partial charge < -0.3 is 0 Å². The van der Waals surface area contributed by atoms with Crippen LogP contribution in [-0.4, -0.2) is 26.4 Å². The molecular weight excluding hydrogens is 316 g/mol. The van der Waals surface area contributed by atoms with Crippen LogP contribution in [0.25, 0.3) is 4.83 Å². The van der Waals surface area contributed by atoms with Crippen molar-refractivity contribution in [3.63, 3.8) is 0 Å². The van der Waals surface area contributed by atoms with Crippen molar-refractivity contribution in [2.24, 2.45) is 0 Å². The summed E-state index contributed by atoms with van der Waals surface area (Å²) in [4.78, 5) is 39.3. The summed E-state index contributed by atoms with van der Waals surface area (Å²) in [5.74, 6) is -0.945. The van der Waals surface area contributed by atoms with Crippen LogP contribution >= 0.6 is 11.3 Å². The van der Waals surface area contributed by atoms with Crippen molar-refractivity contribution in [3.8, 4) is 0 Å². The largest absolute Gasteiger partial charge is 0.372 e. The number of carbonyl (C=O) groups excluding carboxylic acids is 2. The number of hydrogen-bond donors (Lipinski definition) is 0. The minimum atomic E-state index is -0.657. The van der Waals surface area contributed by atoms with Gasteiger partial charge in [-0.3, -0.25) is 9.59 Å². The van der Waals surface area contributed by atoms with E-state index in [9.17, 15) is 14.4 Å². The van der Waals surface area contributed by atoms with E-state index in [2.05, 4.69) is 10.2 Å². The molecule has 114 valence electrons. The number of nitrogens with zero attached hydrogens (tertiary/aromatic N) is 4. The van der Waals surface area contributed by atoms with Gasteiger partial charge in [-0.1, -0.05) is 17.2 Å². The Labute approximate surface area is 133 Å². The molecule has 1 aromatic carbocycles. The molecule has 1 aliphatic heterocycles. The maximum absolute atomic E-state index is 12.8. The molecule has 0 fully saturated rings. The maximum Gasteiger partial charge on any atom is 0.372 e. The molecule has 2 amide bonds. The van der Waals surface area contributed by atoms with Crippen molar-refractivity contribution in [3.05, 3.63) is 56.6 Å². The Bertz CT molecular complexity index is 1070. The number of rotatable bonds is 1. The Hall–Kier alpha value is -2.87. The molecular formula is C15H10N4O3S. The second-order valence-electron chi connectivity index (χ2n) is 5.27. The van der Waals surface area contributed by atoms with Gasteiger partial charge in [0, 0.05) is 0 Å². The fourth-order valence-corrected chi connectivity index (χ4v) is 3.75. The van der Waals surface area contributed by atoms with Crippen LogP contribution in [0.4, 0.5) is 5.69 Å². The second kappa shape index (κ2) is 4.56. The number of benzene rings is 1. The van der Waals surface area contributed by atoms with Crippen LogP contribution in [0.5, 0.6) is 0 Å². The van der Waals surface area contributed by atoms with Gasteiger partial charge in [-0.25, -0.2) is 14.1 Å². The summed E-state index contributed by atoms with van der Waals surface area (Å²) in [6, 6.07) is 7.10. The Balaban J connectivity index is 1.98. The van der Waals surface area contributed by atoms with Gasteiger partial charge in [0.1, 0.15) is 15.4 Å². The fourth-order valence-electron chi connectivity index (χ4n) is 2.66. The van der Waals surface area contributed by atoms with Gasteiger partial charge in [0.2, 0.25) is 0 Å². The van der Waals surface area contributed by atoms with Gasteiger partial charge in [-0.05, 0) is 31.5 Å². The Kier molecular flexibility index (Phi) is 2.73. The molecule has 0 aliphatic carbocycles. The average molecular weight is 326 g/mol. The van der Waals surface area contributed by atoms with E-state index >= 15 is 0 Å². The first-order valence-electron chi connectivity index (χ1n) is 6.83. The zero-order valence-electron chi connectivity index (χ0n) is 12.2. The minimum absolute atomic E-state index is 0.0690. The topological polar surface area (TPSA) is 84.6 Å². The van der Waals surface area contributed by atoms with E-state index in [0.717, 1.165) is 21.8 Å². The summed E-state index contributed by atoms with van der Waals surface area (Å²) >= 11 is 1.09. The predicted octanol–water partition coefficient (Wildman–Crippen LogP) is 1.57. The summed E-state index contributed by atoms with van der Waals surface area (Å²) in [6.45, 7) is 3.56. The molecule has 0 atom stereocenters. The number of imide groups is 1. The number of carbonyl (C=O) groups is 2. The van der Waals surface area contributed by atoms with Crippen molar-refractivity contribution in [2.75, 3.05) is 4.90 Å². The molecule has 8 heteroatoms. The quantitative estimate of drug-likeness (QED) is 0.634. The molecule has 3 aromatic rings. The van der Waals surface area contributed by atoms with Crippen LogP contribution in [0.2, 0.25) is 0 Å². The lowest BCUT2D eigenvalue weighted by molar-refractivity contribution is 0.0925. The predicted molar refractivity (Wildman–Crippen MR) is 84.2 cm³/mol. The highest BCUT2D eigenvalue weighted by Crippen LogP contribution is 2.34. The summed E-state index contributed by atoms with van der Waals surface area (Å²) < 4.78 is 1.18. The summed E-state index contributed by atoms with van der Waals surface area (Å²) in [6.07, 6.45) is 0. The number of anilines is 1. The monoisotopic (exact) mass is 326 g/mol. The number of fused-ring (bicyclic) bond motifs is 3. The van der Waals surface area contributed by atoms with Crippen LogP contribution in [0, 0.1) is 13.8 Å². The lowest BCUT2D eigenvalue weighted by Crippen LogP contribution is -2.31. The normalized spacial score (nSPS) is 13.9. The highest BCUT2D eigenvalue weighted by atomic mass is 32.1. The van der Waals surface area contributed by atoms with E-state index in [0.29, 0.717) is 16.2 Å². The van der Waals surface area contributed by atoms with Crippen molar-refractivity contribution in [1.82, 2.24) is 14.6 Å². The van der Waals surface area contributed by atoms with Crippen LogP contribution in [-0.2, 0) is 0 Å². The SMILES string of the molecule is Cc1cccc(N2C(=O)c3sc4c(C)nnc(=O)n4c3C2=O)c1. The lowest BCUT2D eigenvalue weighted by atomic mass is 10.2. The first-order chi connectivity index (χ1) is 11.0. The second-order valence-corrected chi connectivity index (χ2v) is 6.27. The van der Waals surface area contributed by atoms with Crippen LogP contribution in [0.15, 0.2) is 29.1 Å². The molecule has 1 aliphatic rings. The molecule has 0 unspecified atom stereocenters. The number of aromatic nitrogens is 3. The van der Waals surface area contributed by atoms with Crippen molar-refractivity contribution in [1.29, 1.82) is 0 Å². The van der Waals surface area contributed by atoms with Gasteiger partial charge in [0.15, 0.2) is 0 Å². The fraction of sp³-hybridized carbons (Fsp3) is 0.133. The van der Waals surface area contributed by atoms with E-state index in [1.807, 2.05) is 13.0 Å². The molecule has 2 aromatic heterocycles. The Morgan fingerprint density at radius 2 is 1.83 bits per heavy atom. The molecule has 3 heterocycles. The van der Waals surface area contributed by atoms with Gasteiger partial charge in [-0.2, -0.15) is 0 Å². The van der Waals surface area contributed by atoms with Crippen molar-refractivity contribution in [2.45, 2.75) is 13.8 Å².